The van der Waals surface area contributed by atoms with Crippen LogP contribution in [0.15, 0.2) is 24.3 Å². The lowest BCUT2D eigenvalue weighted by Crippen LogP contribution is -2.19. The average molecular weight is 245 g/mol. The molecule has 0 atom stereocenters. The van der Waals surface area contributed by atoms with Gasteiger partial charge < -0.3 is 9.47 Å². The third kappa shape index (κ3) is 3.45. The second-order valence-electron chi connectivity index (χ2n) is 3.58. The second-order valence-corrected chi connectivity index (χ2v) is 4.52. The van der Waals surface area contributed by atoms with Crippen molar-refractivity contribution in [3.05, 3.63) is 29.8 Å². The van der Waals surface area contributed by atoms with Crippen LogP contribution in [-0.2, 0) is 10.3 Å². The molecule has 15 heavy (non-hydrogen) atoms. The van der Waals surface area contributed by atoms with E-state index in [0.29, 0.717) is 5.75 Å². The molecular formula is C11H13ClO2S. The minimum Gasteiger partial charge on any atom is -0.436 e. The average Bonchev–Trinajstić information content (AvgIpc) is 2.18. The first-order chi connectivity index (χ1) is 6.95. The smallest absolute Gasteiger partial charge is 0.260 e. The van der Waals surface area contributed by atoms with Crippen molar-refractivity contribution in [2.75, 3.05) is 7.11 Å². The molecule has 0 aliphatic heterocycles. The number of benzene rings is 1. The molecule has 2 nitrogen and oxygen atoms in total. The van der Waals surface area contributed by atoms with Gasteiger partial charge in [-0.3, -0.25) is 0 Å². The van der Waals surface area contributed by atoms with Crippen molar-refractivity contribution in [1.82, 2.24) is 0 Å². The molecule has 0 fully saturated rings. The summed E-state index contributed by atoms with van der Waals surface area (Å²) in [6, 6.07) is 7.47. The minimum atomic E-state index is -0.306. The van der Waals surface area contributed by atoms with Crippen LogP contribution in [0.5, 0.6) is 5.75 Å². The summed E-state index contributed by atoms with van der Waals surface area (Å²) in [5.41, 5.74) is 0.762. The fourth-order valence-corrected chi connectivity index (χ4v) is 1.32. The van der Waals surface area contributed by atoms with Crippen molar-refractivity contribution >= 4 is 28.3 Å². The number of thiocarbonyl (C=S) groups is 1. The normalized spacial score (nSPS) is 11.2. The van der Waals surface area contributed by atoms with Crippen molar-refractivity contribution < 1.29 is 9.47 Å². The lowest BCUT2D eigenvalue weighted by atomic mass is 9.98. The molecule has 4 heteroatoms. The summed E-state index contributed by atoms with van der Waals surface area (Å²) in [4.78, 5) is 0. The van der Waals surface area contributed by atoms with E-state index in [2.05, 4.69) is 12.2 Å². The highest BCUT2D eigenvalue weighted by atomic mass is 35.5. The van der Waals surface area contributed by atoms with Crippen molar-refractivity contribution in [1.29, 1.82) is 0 Å². The molecule has 1 aromatic rings. The number of methoxy groups -OCH3 is 1. The Labute approximate surface area is 100 Å². The van der Waals surface area contributed by atoms with E-state index in [0.717, 1.165) is 5.56 Å². The van der Waals surface area contributed by atoms with Crippen LogP contribution in [0.1, 0.15) is 19.4 Å². The number of halogens is 1. The number of hydrogen-bond donors (Lipinski definition) is 0. The van der Waals surface area contributed by atoms with Gasteiger partial charge in [-0.15, -0.1) is 0 Å². The van der Waals surface area contributed by atoms with Gasteiger partial charge in [-0.1, -0.05) is 12.1 Å². The molecule has 82 valence electrons. The highest BCUT2D eigenvalue weighted by Crippen LogP contribution is 2.25. The lowest BCUT2D eigenvalue weighted by molar-refractivity contribution is 0.0192. The van der Waals surface area contributed by atoms with Gasteiger partial charge in [0.1, 0.15) is 5.75 Å². The Morgan fingerprint density at radius 1 is 1.27 bits per heavy atom. The molecule has 0 bridgehead atoms. The molecule has 0 N–H and O–H groups in total. The number of ether oxygens (including phenoxy) is 2. The molecule has 0 saturated heterocycles. The van der Waals surface area contributed by atoms with Crippen LogP contribution >= 0.6 is 23.8 Å². The zero-order valence-corrected chi connectivity index (χ0v) is 10.5. The molecule has 0 unspecified atom stereocenters. The van der Waals surface area contributed by atoms with Crippen molar-refractivity contribution in [2.45, 2.75) is 19.4 Å². The largest absolute Gasteiger partial charge is 0.436 e. The van der Waals surface area contributed by atoms with E-state index in [4.69, 9.17) is 21.1 Å². The summed E-state index contributed by atoms with van der Waals surface area (Å²) in [6.45, 7) is 3.99. The third-order valence-corrected chi connectivity index (χ3v) is 2.42. The van der Waals surface area contributed by atoms with Crippen LogP contribution in [0.25, 0.3) is 0 Å². The molecular weight excluding hydrogens is 232 g/mol. The molecule has 0 radical (unpaired) electrons. The van der Waals surface area contributed by atoms with Crippen molar-refractivity contribution in [3.63, 3.8) is 0 Å². The van der Waals surface area contributed by atoms with Crippen LogP contribution in [0.2, 0.25) is 0 Å². The first-order valence-electron chi connectivity index (χ1n) is 4.49. The van der Waals surface area contributed by atoms with Crippen LogP contribution in [-0.4, -0.2) is 11.6 Å². The van der Waals surface area contributed by atoms with Crippen molar-refractivity contribution in [3.8, 4) is 5.75 Å². The Morgan fingerprint density at radius 2 is 1.80 bits per heavy atom. The van der Waals surface area contributed by atoms with Gasteiger partial charge in [0, 0.05) is 7.11 Å². The van der Waals surface area contributed by atoms with Crippen LogP contribution in [0.4, 0.5) is 0 Å². The predicted molar refractivity (Wildman–Crippen MR) is 65.6 cm³/mol. The summed E-state index contributed by atoms with van der Waals surface area (Å²) in [7, 11) is 1.68. The highest BCUT2D eigenvalue weighted by Gasteiger charge is 2.18. The molecule has 0 aliphatic rings. The standard InChI is InChI=1S/C11H13ClO2S/c1-11(2,13-3)8-4-6-9(7-5-8)14-10(12)15/h4-7H,1-3H3. The fraction of sp³-hybridized carbons (Fsp3) is 0.364. The molecule has 0 aromatic heterocycles. The first-order valence-corrected chi connectivity index (χ1v) is 5.27. The summed E-state index contributed by atoms with van der Waals surface area (Å²) in [6.07, 6.45) is 0. The van der Waals surface area contributed by atoms with Crippen LogP contribution < -0.4 is 4.74 Å². The van der Waals surface area contributed by atoms with E-state index < -0.39 is 0 Å². The Hall–Kier alpha value is -0.640. The molecule has 0 aliphatic carbocycles. The van der Waals surface area contributed by atoms with E-state index in [9.17, 15) is 0 Å². The third-order valence-electron chi connectivity index (χ3n) is 2.26. The second kappa shape index (κ2) is 4.92. The van der Waals surface area contributed by atoms with E-state index in [-0.39, 0.29) is 10.1 Å². The summed E-state index contributed by atoms with van der Waals surface area (Å²) >= 11 is 10.1. The van der Waals surface area contributed by atoms with E-state index in [1.54, 1.807) is 7.11 Å². The van der Waals surface area contributed by atoms with Gasteiger partial charge in [0.25, 0.3) is 4.51 Å². The van der Waals surface area contributed by atoms with Gasteiger partial charge in [0.2, 0.25) is 0 Å². The SMILES string of the molecule is COC(C)(C)c1ccc(OC(=S)Cl)cc1. The first kappa shape index (κ1) is 12.4. The van der Waals surface area contributed by atoms with Crippen LogP contribution in [0, 0.1) is 0 Å². The van der Waals surface area contributed by atoms with Gasteiger partial charge in [0.05, 0.1) is 5.60 Å². The summed E-state index contributed by atoms with van der Waals surface area (Å²) in [5, 5.41) is 0. The molecule has 0 heterocycles. The summed E-state index contributed by atoms with van der Waals surface area (Å²) in [5.74, 6) is 0.630. The Morgan fingerprint density at radius 3 is 2.20 bits per heavy atom. The number of hydrogen-bond acceptors (Lipinski definition) is 3. The van der Waals surface area contributed by atoms with Gasteiger partial charge in [-0.2, -0.15) is 0 Å². The highest BCUT2D eigenvalue weighted by molar-refractivity contribution is 7.82. The van der Waals surface area contributed by atoms with Gasteiger partial charge >= 0.3 is 0 Å². The fourth-order valence-electron chi connectivity index (χ4n) is 1.13. The Bertz CT molecular complexity index is 346. The maximum absolute atomic E-state index is 5.45. The molecule has 1 rings (SSSR count). The monoisotopic (exact) mass is 244 g/mol. The quantitative estimate of drug-likeness (QED) is 0.599. The van der Waals surface area contributed by atoms with Crippen molar-refractivity contribution in [2.24, 2.45) is 0 Å². The minimum absolute atomic E-state index is 0.00579. The predicted octanol–water partition coefficient (Wildman–Crippen LogP) is 3.47. The summed E-state index contributed by atoms with van der Waals surface area (Å²) < 4.78 is 10.4. The van der Waals surface area contributed by atoms with E-state index in [1.165, 1.54) is 0 Å². The Kier molecular flexibility index (Phi) is 4.08. The van der Waals surface area contributed by atoms with Crippen LogP contribution in [0.3, 0.4) is 0 Å². The Balaban J connectivity index is 2.85. The van der Waals surface area contributed by atoms with E-state index in [1.807, 2.05) is 38.1 Å². The molecule has 0 saturated carbocycles. The molecule has 0 spiro atoms. The van der Waals surface area contributed by atoms with E-state index >= 15 is 0 Å². The lowest BCUT2D eigenvalue weighted by Gasteiger charge is -2.23. The molecule has 1 aromatic carbocycles. The molecule has 0 amide bonds. The van der Waals surface area contributed by atoms with Gasteiger partial charge in [-0.05, 0) is 55.4 Å². The van der Waals surface area contributed by atoms with Gasteiger partial charge in [-0.25, -0.2) is 0 Å². The number of rotatable bonds is 3. The maximum atomic E-state index is 5.45. The topological polar surface area (TPSA) is 18.5 Å². The van der Waals surface area contributed by atoms with Gasteiger partial charge in [0.15, 0.2) is 0 Å². The maximum Gasteiger partial charge on any atom is 0.260 e. The zero-order valence-electron chi connectivity index (χ0n) is 8.91. The zero-order chi connectivity index (χ0) is 11.5.